The standard InChI is InChI=1S/C16H20O4/c1-18-14-8-7-12(15(19-2)16(14)20-3)9-11-5-4-6-13(17)10-11/h7-9H,4-6,10H2,1-3H3/b11-9-. The molecule has 0 bridgehead atoms. The summed E-state index contributed by atoms with van der Waals surface area (Å²) in [6, 6.07) is 3.77. The third-order valence-electron chi connectivity index (χ3n) is 3.47. The molecule has 0 unspecified atom stereocenters. The number of rotatable bonds is 4. The molecule has 1 aromatic rings. The van der Waals surface area contributed by atoms with Crippen LogP contribution in [0.3, 0.4) is 0 Å². The second-order valence-corrected chi connectivity index (χ2v) is 4.80. The van der Waals surface area contributed by atoms with E-state index in [-0.39, 0.29) is 0 Å². The summed E-state index contributed by atoms with van der Waals surface area (Å²) < 4.78 is 16.1. The Balaban J connectivity index is 2.41. The lowest BCUT2D eigenvalue weighted by Gasteiger charge is -2.16. The summed E-state index contributed by atoms with van der Waals surface area (Å²) in [5.41, 5.74) is 2.06. The molecule has 0 heterocycles. The van der Waals surface area contributed by atoms with Gasteiger partial charge in [0.2, 0.25) is 5.75 Å². The van der Waals surface area contributed by atoms with E-state index in [0.29, 0.717) is 35.9 Å². The highest BCUT2D eigenvalue weighted by atomic mass is 16.5. The van der Waals surface area contributed by atoms with Crippen molar-refractivity contribution in [1.82, 2.24) is 0 Å². The average Bonchev–Trinajstić information content (AvgIpc) is 2.46. The van der Waals surface area contributed by atoms with Crippen molar-refractivity contribution in [3.8, 4) is 17.2 Å². The van der Waals surface area contributed by atoms with Crippen molar-refractivity contribution in [3.05, 3.63) is 23.3 Å². The van der Waals surface area contributed by atoms with Gasteiger partial charge in [0, 0.05) is 18.4 Å². The molecule has 0 amide bonds. The lowest BCUT2D eigenvalue weighted by molar-refractivity contribution is -0.119. The molecule has 108 valence electrons. The zero-order chi connectivity index (χ0) is 14.5. The van der Waals surface area contributed by atoms with E-state index in [4.69, 9.17) is 14.2 Å². The molecular formula is C16H20O4. The first-order valence-electron chi connectivity index (χ1n) is 6.69. The Morgan fingerprint density at radius 1 is 1.00 bits per heavy atom. The Morgan fingerprint density at radius 3 is 2.35 bits per heavy atom. The molecule has 0 radical (unpaired) electrons. The zero-order valence-electron chi connectivity index (χ0n) is 12.2. The summed E-state index contributed by atoms with van der Waals surface area (Å²) in [4.78, 5) is 11.5. The molecule has 1 aromatic carbocycles. The van der Waals surface area contributed by atoms with Gasteiger partial charge >= 0.3 is 0 Å². The third kappa shape index (κ3) is 2.95. The van der Waals surface area contributed by atoms with Crippen LogP contribution >= 0.6 is 0 Å². The maximum Gasteiger partial charge on any atom is 0.203 e. The molecule has 1 saturated carbocycles. The topological polar surface area (TPSA) is 44.8 Å². The Morgan fingerprint density at radius 2 is 1.75 bits per heavy atom. The van der Waals surface area contributed by atoms with Crippen LogP contribution in [0.5, 0.6) is 17.2 Å². The van der Waals surface area contributed by atoms with Crippen molar-refractivity contribution in [2.75, 3.05) is 21.3 Å². The van der Waals surface area contributed by atoms with Crippen LogP contribution in [0.2, 0.25) is 0 Å². The SMILES string of the molecule is COc1ccc(/C=C2/CCCC(=O)C2)c(OC)c1OC. The molecule has 0 aromatic heterocycles. The number of benzene rings is 1. The summed E-state index contributed by atoms with van der Waals surface area (Å²) in [6.07, 6.45) is 5.15. The van der Waals surface area contributed by atoms with E-state index in [9.17, 15) is 4.79 Å². The smallest absolute Gasteiger partial charge is 0.203 e. The normalized spacial score (nSPS) is 17.1. The summed E-state index contributed by atoms with van der Waals surface area (Å²) in [6.45, 7) is 0. The number of ether oxygens (including phenoxy) is 3. The van der Waals surface area contributed by atoms with E-state index in [2.05, 4.69) is 0 Å². The second-order valence-electron chi connectivity index (χ2n) is 4.80. The van der Waals surface area contributed by atoms with Crippen LogP contribution in [-0.2, 0) is 4.79 Å². The van der Waals surface area contributed by atoms with Crippen molar-refractivity contribution < 1.29 is 19.0 Å². The molecule has 4 heteroatoms. The molecule has 0 spiro atoms. The minimum Gasteiger partial charge on any atom is -0.493 e. The molecule has 2 rings (SSSR count). The third-order valence-corrected chi connectivity index (χ3v) is 3.47. The Bertz CT molecular complexity index is 532. The lowest BCUT2D eigenvalue weighted by atomic mass is 9.92. The van der Waals surface area contributed by atoms with Gasteiger partial charge in [-0.2, -0.15) is 0 Å². The molecular weight excluding hydrogens is 256 g/mol. The van der Waals surface area contributed by atoms with Gasteiger partial charge in [-0.25, -0.2) is 0 Å². The molecule has 0 saturated heterocycles. The summed E-state index contributed by atoms with van der Waals surface area (Å²) in [5.74, 6) is 2.15. The number of allylic oxidation sites excluding steroid dienone is 1. The van der Waals surface area contributed by atoms with Crippen molar-refractivity contribution >= 4 is 11.9 Å². The number of ketones is 1. The van der Waals surface area contributed by atoms with E-state index in [1.165, 1.54) is 0 Å². The molecule has 1 aliphatic rings. The number of methoxy groups -OCH3 is 3. The van der Waals surface area contributed by atoms with Crippen molar-refractivity contribution in [1.29, 1.82) is 0 Å². The highest BCUT2D eigenvalue weighted by Crippen LogP contribution is 2.41. The van der Waals surface area contributed by atoms with E-state index in [1.54, 1.807) is 21.3 Å². The van der Waals surface area contributed by atoms with Crippen LogP contribution < -0.4 is 14.2 Å². The van der Waals surface area contributed by atoms with Crippen LogP contribution in [-0.4, -0.2) is 27.1 Å². The molecule has 20 heavy (non-hydrogen) atoms. The van der Waals surface area contributed by atoms with Gasteiger partial charge in [0.05, 0.1) is 21.3 Å². The quantitative estimate of drug-likeness (QED) is 0.847. The van der Waals surface area contributed by atoms with E-state index in [1.807, 2.05) is 18.2 Å². The largest absolute Gasteiger partial charge is 0.493 e. The molecule has 1 aliphatic carbocycles. The van der Waals surface area contributed by atoms with Gasteiger partial charge in [-0.3, -0.25) is 4.79 Å². The van der Waals surface area contributed by atoms with E-state index in [0.717, 1.165) is 24.0 Å². The molecule has 0 aliphatic heterocycles. The fourth-order valence-electron chi connectivity index (χ4n) is 2.52. The van der Waals surface area contributed by atoms with Crippen LogP contribution in [0.15, 0.2) is 17.7 Å². The molecule has 0 N–H and O–H groups in total. The lowest BCUT2D eigenvalue weighted by Crippen LogP contribution is -2.06. The number of hydrogen-bond acceptors (Lipinski definition) is 4. The predicted molar refractivity (Wildman–Crippen MR) is 77.6 cm³/mol. The number of hydrogen-bond donors (Lipinski definition) is 0. The van der Waals surface area contributed by atoms with Gasteiger partial charge < -0.3 is 14.2 Å². The monoisotopic (exact) mass is 276 g/mol. The van der Waals surface area contributed by atoms with Crippen LogP contribution in [0.25, 0.3) is 6.08 Å². The summed E-state index contributed by atoms with van der Waals surface area (Å²) in [7, 11) is 4.78. The molecule has 0 atom stereocenters. The molecule has 1 fully saturated rings. The Labute approximate surface area is 119 Å². The molecule has 4 nitrogen and oxygen atoms in total. The van der Waals surface area contributed by atoms with Crippen molar-refractivity contribution in [3.63, 3.8) is 0 Å². The summed E-state index contributed by atoms with van der Waals surface area (Å²) >= 11 is 0. The number of Topliss-reactive ketones (excluding diaryl/α,β-unsaturated/α-hetero) is 1. The van der Waals surface area contributed by atoms with Gasteiger partial charge in [0.25, 0.3) is 0 Å². The average molecular weight is 276 g/mol. The van der Waals surface area contributed by atoms with Crippen molar-refractivity contribution in [2.24, 2.45) is 0 Å². The minimum absolute atomic E-state index is 0.307. The fraction of sp³-hybridized carbons (Fsp3) is 0.438. The number of carbonyl (C=O) groups is 1. The summed E-state index contributed by atoms with van der Waals surface area (Å²) in [5, 5.41) is 0. The predicted octanol–water partition coefficient (Wildman–Crippen LogP) is 3.24. The van der Waals surface area contributed by atoms with Crippen LogP contribution in [0.4, 0.5) is 0 Å². The van der Waals surface area contributed by atoms with Gasteiger partial charge in [-0.05, 0) is 25.0 Å². The minimum atomic E-state index is 0.307. The van der Waals surface area contributed by atoms with Gasteiger partial charge in [0.1, 0.15) is 5.78 Å². The fourth-order valence-corrected chi connectivity index (χ4v) is 2.52. The highest BCUT2D eigenvalue weighted by molar-refractivity contribution is 5.84. The van der Waals surface area contributed by atoms with E-state index >= 15 is 0 Å². The first-order valence-corrected chi connectivity index (χ1v) is 6.69. The zero-order valence-corrected chi connectivity index (χ0v) is 12.2. The number of carbonyl (C=O) groups excluding carboxylic acids is 1. The van der Waals surface area contributed by atoms with Gasteiger partial charge in [-0.1, -0.05) is 11.6 Å². The van der Waals surface area contributed by atoms with Crippen LogP contribution in [0, 0.1) is 0 Å². The first-order chi connectivity index (χ1) is 9.69. The maximum atomic E-state index is 11.5. The van der Waals surface area contributed by atoms with E-state index < -0.39 is 0 Å². The van der Waals surface area contributed by atoms with Gasteiger partial charge in [-0.15, -0.1) is 0 Å². The first kappa shape index (κ1) is 14.4. The second kappa shape index (κ2) is 6.46. The Kier molecular flexibility index (Phi) is 4.66. The maximum absolute atomic E-state index is 11.5. The van der Waals surface area contributed by atoms with Crippen LogP contribution in [0.1, 0.15) is 31.2 Å². The highest BCUT2D eigenvalue weighted by Gasteiger charge is 2.17. The Hall–Kier alpha value is -1.97. The van der Waals surface area contributed by atoms with Crippen molar-refractivity contribution in [2.45, 2.75) is 25.7 Å². The van der Waals surface area contributed by atoms with Gasteiger partial charge in [0.15, 0.2) is 11.5 Å².